The van der Waals surface area contributed by atoms with Gasteiger partial charge in [0.05, 0.1) is 0 Å². The predicted octanol–water partition coefficient (Wildman–Crippen LogP) is 4.09. The molecule has 7 heteroatoms. The Kier molecular flexibility index (Phi) is 6.10. The third kappa shape index (κ3) is 4.62. The van der Waals surface area contributed by atoms with E-state index in [0.29, 0.717) is 29.9 Å². The van der Waals surface area contributed by atoms with Crippen molar-refractivity contribution in [1.82, 2.24) is 0 Å². The van der Waals surface area contributed by atoms with Crippen LogP contribution in [0.15, 0.2) is 36.4 Å². The Morgan fingerprint density at radius 3 is 2.10 bits per heavy atom. The largest absolute Gasteiger partial charge is 0.482 e. The molecule has 2 aromatic carbocycles. The molecule has 1 unspecified atom stereocenters. The Morgan fingerprint density at radius 1 is 0.900 bits per heavy atom. The third-order valence-electron chi connectivity index (χ3n) is 4.93. The number of rotatable bonds is 5. The fourth-order valence-corrected chi connectivity index (χ4v) is 3.64. The molecule has 1 atom stereocenters. The second-order valence-corrected chi connectivity index (χ2v) is 7.16. The Balaban J connectivity index is 2.03. The molecule has 3 rings (SSSR count). The molecule has 7 nitrogen and oxygen atoms in total. The minimum absolute atomic E-state index is 0.280. The van der Waals surface area contributed by atoms with Gasteiger partial charge in [-0.15, -0.1) is 0 Å². The van der Waals surface area contributed by atoms with Crippen molar-refractivity contribution in [3.63, 3.8) is 0 Å². The van der Waals surface area contributed by atoms with Crippen LogP contribution in [0.4, 0.5) is 0 Å². The summed E-state index contributed by atoms with van der Waals surface area (Å²) in [6.45, 7) is 5.93. The molecule has 0 radical (unpaired) electrons. The number of fused-ring (bicyclic) bond motifs is 1. The van der Waals surface area contributed by atoms with Gasteiger partial charge in [0, 0.05) is 38.5 Å². The number of carbonyl (C=O) groups excluding carboxylic acids is 3. The van der Waals surface area contributed by atoms with Crippen molar-refractivity contribution in [1.29, 1.82) is 0 Å². The topological polar surface area (TPSA) is 88.1 Å². The molecule has 0 aliphatic carbocycles. The van der Waals surface area contributed by atoms with E-state index < -0.39 is 23.5 Å². The molecule has 0 saturated carbocycles. The summed E-state index contributed by atoms with van der Waals surface area (Å²) >= 11 is 0. The summed E-state index contributed by atoms with van der Waals surface area (Å²) in [5.41, 5.74) is 0.918. The molecule has 0 fully saturated rings. The maximum absolute atomic E-state index is 11.7. The van der Waals surface area contributed by atoms with E-state index in [4.69, 9.17) is 18.9 Å². The quantitative estimate of drug-likeness (QED) is 0.540. The van der Waals surface area contributed by atoms with Crippen LogP contribution in [0.5, 0.6) is 23.0 Å². The average Bonchev–Trinajstić information content (AvgIpc) is 2.66. The number of aryl methyl sites for hydroxylation is 1. The van der Waals surface area contributed by atoms with Crippen molar-refractivity contribution in [3.8, 4) is 23.0 Å². The fraction of sp³-hybridized carbons (Fsp3) is 0.348. The first-order chi connectivity index (χ1) is 14.2. The Bertz CT molecular complexity index is 995. The van der Waals surface area contributed by atoms with Gasteiger partial charge in [0.2, 0.25) is 0 Å². The lowest BCUT2D eigenvalue weighted by Gasteiger charge is -2.39. The first-order valence-electron chi connectivity index (χ1n) is 9.74. The van der Waals surface area contributed by atoms with E-state index in [1.54, 1.807) is 24.3 Å². The first kappa shape index (κ1) is 21.4. The van der Waals surface area contributed by atoms with Gasteiger partial charge < -0.3 is 18.9 Å². The molecule has 0 N–H and O–H groups in total. The van der Waals surface area contributed by atoms with Crippen LogP contribution in [0.2, 0.25) is 0 Å². The van der Waals surface area contributed by atoms with Gasteiger partial charge >= 0.3 is 17.9 Å². The molecule has 2 aromatic rings. The second kappa shape index (κ2) is 8.57. The van der Waals surface area contributed by atoms with Crippen molar-refractivity contribution >= 4 is 17.9 Å². The zero-order valence-electron chi connectivity index (χ0n) is 17.4. The van der Waals surface area contributed by atoms with Crippen molar-refractivity contribution in [2.45, 2.75) is 52.6 Å². The molecule has 0 spiro atoms. The van der Waals surface area contributed by atoms with Crippen molar-refractivity contribution < 1.29 is 33.3 Å². The molecule has 158 valence electrons. The zero-order chi connectivity index (χ0) is 21.9. The molecule has 1 aliphatic heterocycles. The van der Waals surface area contributed by atoms with Crippen LogP contribution >= 0.6 is 0 Å². The van der Waals surface area contributed by atoms with Crippen LogP contribution in [0.25, 0.3) is 0 Å². The lowest BCUT2D eigenvalue weighted by atomic mass is 9.82. The third-order valence-corrected chi connectivity index (χ3v) is 4.93. The molecule has 1 heterocycles. The van der Waals surface area contributed by atoms with E-state index in [1.165, 1.54) is 26.8 Å². The molecule has 30 heavy (non-hydrogen) atoms. The highest BCUT2D eigenvalue weighted by Gasteiger charge is 2.39. The SMILES string of the molecule is CCC1(c2ccc(OC(C)=O)cc2OC(C)=O)CCc2ccc(OC(C)=O)cc2O1. The number of esters is 3. The predicted molar refractivity (Wildman–Crippen MR) is 108 cm³/mol. The summed E-state index contributed by atoms with van der Waals surface area (Å²) in [6.07, 6.45) is 1.99. The molecule has 0 aromatic heterocycles. The Hall–Kier alpha value is -3.35. The minimum Gasteiger partial charge on any atom is -0.482 e. The summed E-state index contributed by atoms with van der Waals surface area (Å²) in [6, 6.07) is 10.2. The fourth-order valence-electron chi connectivity index (χ4n) is 3.64. The minimum atomic E-state index is -0.763. The lowest BCUT2D eigenvalue weighted by molar-refractivity contribution is -0.133. The van der Waals surface area contributed by atoms with Crippen LogP contribution in [0.3, 0.4) is 0 Å². The van der Waals surface area contributed by atoms with E-state index >= 15 is 0 Å². The van der Waals surface area contributed by atoms with Crippen molar-refractivity contribution in [3.05, 3.63) is 47.5 Å². The van der Waals surface area contributed by atoms with Gasteiger partial charge in [0.15, 0.2) is 0 Å². The standard InChI is InChI=1S/C23H24O7/c1-5-23(11-10-17-6-7-18(27-14(2)24)12-21(17)30-23)20-9-8-19(28-15(3)25)13-22(20)29-16(4)26/h6-9,12-13H,5,10-11H2,1-4H3. The Labute approximate surface area is 174 Å². The number of benzene rings is 2. The number of carbonyl (C=O) groups is 3. The second-order valence-electron chi connectivity index (χ2n) is 7.16. The maximum atomic E-state index is 11.7. The monoisotopic (exact) mass is 412 g/mol. The highest BCUT2D eigenvalue weighted by Crippen LogP contribution is 2.46. The van der Waals surface area contributed by atoms with Crippen LogP contribution in [-0.2, 0) is 26.4 Å². The maximum Gasteiger partial charge on any atom is 0.308 e. The van der Waals surface area contributed by atoms with Crippen LogP contribution in [0, 0.1) is 0 Å². The summed E-state index contributed by atoms with van der Waals surface area (Å²) in [7, 11) is 0. The zero-order valence-corrected chi connectivity index (χ0v) is 17.4. The normalized spacial score (nSPS) is 17.3. The molecular weight excluding hydrogens is 388 g/mol. The highest BCUT2D eigenvalue weighted by molar-refractivity contribution is 5.72. The summed E-state index contributed by atoms with van der Waals surface area (Å²) < 4.78 is 22.2. The van der Waals surface area contributed by atoms with Gasteiger partial charge in [-0.3, -0.25) is 14.4 Å². The molecule has 0 bridgehead atoms. The summed E-state index contributed by atoms with van der Waals surface area (Å²) in [5, 5.41) is 0. The molecular formula is C23H24O7. The van der Waals surface area contributed by atoms with Crippen LogP contribution in [-0.4, -0.2) is 17.9 Å². The lowest BCUT2D eigenvalue weighted by Crippen LogP contribution is -2.37. The van der Waals surface area contributed by atoms with Gasteiger partial charge in [-0.05, 0) is 43.0 Å². The van der Waals surface area contributed by atoms with Crippen molar-refractivity contribution in [2.75, 3.05) is 0 Å². The van der Waals surface area contributed by atoms with Gasteiger partial charge in [-0.2, -0.15) is 0 Å². The van der Waals surface area contributed by atoms with E-state index in [0.717, 1.165) is 12.0 Å². The van der Waals surface area contributed by atoms with Gasteiger partial charge in [0.1, 0.15) is 28.6 Å². The van der Waals surface area contributed by atoms with Crippen LogP contribution in [0.1, 0.15) is 51.7 Å². The van der Waals surface area contributed by atoms with E-state index in [9.17, 15) is 14.4 Å². The smallest absolute Gasteiger partial charge is 0.308 e. The number of hydrogen-bond acceptors (Lipinski definition) is 7. The van der Waals surface area contributed by atoms with E-state index in [2.05, 4.69) is 0 Å². The molecule has 1 aliphatic rings. The van der Waals surface area contributed by atoms with Gasteiger partial charge in [0.25, 0.3) is 0 Å². The Morgan fingerprint density at radius 2 is 1.50 bits per heavy atom. The number of hydrogen-bond donors (Lipinski definition) is 0. The first-order valence-corrected chi connectivity index (χ1v) is 9.74. The highest BCUT2D eigenvalue weighted by atomic mass is 16.6. The molecule has 0 amide bonds. The van der Waals surface area contributed by atoms with E-state index in [-0.39, 0.29) is 11.5 Å². The van der Waals surface area contributed by atoms with Crippen molar-refractivity contribution in [2.24, 2.45) is 0 Å². The molecule has 0 saturated heterocycles. The number of ether oxygens (including phenoxy) is 4. The average molecular weight is 412 g/mol. The van der Waals surface area contributed by atoms with Crippen LogP contribution < -0.4 is 18.9 Å². The summed E-state index contributed by atoms with van der Waals surface area (Å²) in [5.74, 6) is 0.201. The van der Waals surface area contributed by atoms with Gasteiger partial charge in [-0.25, -0.2) is 0 Å². The van der Waals surface area contributed by atoms with Gasteiger partial charge in [-0.1, -0.05) is 13.0 Å². The summed E-state index contributed by atoms with van der Waals surface area (Å²) in [4.78, 5) is 34.3. The van der Waals surface area contributed by atoms with E-state index in [1.807, 2.05) is 13.0 Å².